The van der Waals surface area contributed by atoms with Crippen LogP contribution in [0, 0.1) is 0 Å². The normalized spacial score (nSPS) is 10.9. The number of rotatable bonds is 1. The number of aliphatic imine (C=N–C) groups is 1. The van der Waals surface area contributed by atoms with Gasteiger partial charge in [-0.15, -0.1) is 4.99 Å². The fourth-order valence-electron chi connectivity index (χ4n) is 0.497. The SMILES string of the molecule is O=C=Nc1cc(C(F)(F)F)no1. The van der Waals surface area contributed by atoms with Crippen LogP contribution in [0.25, 0.3) is 0 Å². The summed E-state index contributed by atoms with van der Waals surface area (Å²) in [5, 5.41) is 2.63. The van der Waals surface area contributed by atoms with Gasteiger partial charge in [-0.1, -0.05) is 5.16 Å². The molecule has 4 nitrogen and oxygen atoms in total. The quantitative estimate of drug-likeness (QED) is 0.485. The number of hydrogen-bond donors (Lipinski definition) is 0. The maximum atomic E-state index is 11.8. The molecule has 1 rings (SSSR count). The Kier molecular flexibility index (Phi) is 1.97. The standard InChI is InChI=1S/C5HF3N2O2/c6-5(7,8)3-1-4(9-2-11)12-10-3/h1H. The van der Waals surface area contributed by atoms with E-state index >= 15 is 0 Å². The Morgan fingerprint density at radius 3 is 2.67 bits per heavy atom. The zero-order valence-corrected chi connectivity index (χ0v) is 5.42. The van der Waals surface area contributed by atoms with E-state index in [0.717, 1.165) is 6.08 Å². The molecule has 0 unspecified atom stereocenters. The maximum absolute atomic E-state index is 11.8. The summed E-state index contributed by atoms with van der Waals surface area (Å²) in [6.45, 7) is 0. The Bertz CT molecular complexity index is 324. The molecule has 0 aliphatic carbocycles. The molecule has 0 amide bonds. The van der Waals surface area contributed by atoms with E-state index in [1.165, 1.54) is 0 Å². The first-order valence-corrected chi connectivity index (χ1v) is 2.66. The Morgan fingerprint density at radius 1 is 1.58 bits per heavy atom. The highest BCUT2D eigenvalue weighted by Gasteiger charge is 2.34. The summed E-state index contributed by atoms with van der Waals surface area (Å²) in [6, 6.07) is 0.505. The van der Waals surface area contributed by atoms with Crippen LogP contribution in [0.2, 0.25) is 0 Å². The van der Waals surface area contributed by atoms with Gasteiger partial charge in [-0.05, 0) is 0 Å². The second-order valence-electron chi connectivity index (χ2n) is 1.75. The fourth-order valence-corrected chi connectivity index (χ4v) is 0.497. The van der Waals surface area contributed by atoms with Crippen LogP contribution >= 0.6 is 0 Å². The fraction of sp³-hybridized carbons (Fsp3) is 0.200. The number of isocyanates is 1. The largest absolute Gasteiger partial charge is 0.436 e. The monoisotopic (exact) mass is 178 g/mol. The lowest BCUT2D eigenvalue weighted by atomic mass is 10.4. The molecule has 0 spiro atoms. The van der Waals surface area contributed by atoms with E-state index in [9.17, 15) is 18.0 Å². The Hall–Kier alpha value is -1.62. The van der Waals surface area contributed by atoms with Gasteiger partial charge in [-0.2, -0.15) is 13.2 Å². The highest BCUT2D eigenvalue weighted by molar-refractivity contribution is 5.42. The number of carbonyl (C=O) groups excluding carboxylic acids is 1. The third-order valence-corrected chi connectivity index (χ3v) is 0.944. The summed E-state index contributed by atoms with van der Waals surface area (Å²) in [5.41, 5.74) is -1.23. The first kappa shape index (κ1) is 8.48. The summed E-state index contributed by atoms with van der Waals surface area (Å²) in [4.78, 5) is 12.4. The van der Waals surface area contributed by atoms with Crippen molar-refractivity contribution >= 4 is 12.0 Å². The highest BCUT2D eigenvalue weighted by Crippen LogP contribution is 2.30. The van der Waals surface area contributed by atoms with Crippen molar-refractivity contribution in [1.29, 1.82) is 0 Å². The first-order chi connectivity index (χ1) is 5.54. The average molecular weight is 178 g/mol. The minimum atomic E-state index is -4.58. The van der Waals surface area contributed by atoms with Crippen molar-refractivity contribution in [2.24, 2.45) is 4.99 Å². The molecule has 1 heterocycles. The maximum Gasteiger partial charge on any atom is 0.436 e. The minimum Gasteiger partial charge on any atom is -0.335 e. The predicted molar refractivity (Wildman–Crippen MR) is 29.3 cm³/mol. The van der Waals surface area contributed by atoms with Crippen molar-refractivity contribution in [2.75, 3.05) is 0 Å². The molecule has 0 aliphatic heterocycles. The van der Waals surface area contributed by atoms with Crippen molar-refractivity contribution in [2.45, 2.75) is 6.18 Å². The van der Waals surface area contributed by atoms with Crippen molar-refractivity contribution < 1.29 is 22.5 Å². The summed E-state index contributed by atoms with van der Waals surface area (Å²) in [7, 11) is 0. The van der Waals surface area contributed by atoms with Gasteiger partial charge in [0.05, 0.1) is 0 Å². The highest BCUT2D eigenvalue weighted by atomic mass is 19.4. The molecule has 0 saturated heterocycles. The van der Waals surface area contributed by atoms with Gasteiger partial charge in [0, 0.05) is 6.07 Å². The molecular formula is C5HF3N2O2. The molecule has 7 heteroatoms. The minimum absolute atomic E-state index is 0.505. The topological polar surface area (TPSA) is 55.5 Å². The second-order valence-corrected chi connectivity index (χ2v) is 1.75. The first-order valence-electron chi connectivity index (χ1n) is 2.66. The Morgan fingerprint density at radius 2 is 2.25 bits per heavy atom. The average Bonchev–Trinajstić information content (AvgIpc) is 2.35. The van der Waals surface area contributed by atoms with E-state index in [0.29, 0.717) is 6.07 Å². The molecule has 0 bridgehead atoms. The molecule has 0 atom stereocenters. The number of aromatic nitrogens is 1. The molecule has 12 heavy (non-hydrogen) atoms. The van der Waals surface area contributed by atoms with Gasteiger partial charge in [0.25, 0.3) is 5.88 Å². The van der Waals surface area contributed by atoms with Crippen LogP contribution < -0.4 is 0 Å². The molecule has 0 N–H and O–H groups in total. The molecule has 0 saturated carbocycles. The summed E-state index contributed by atoms with van der Waals surface area (Å²) in [5.74, 6) is -0.516. The van der Waals surface area contributed by atoms with Gasteiger partial charge >= 0.3 is 6.18 Å². The van der Waals surface area contributed by atoms with E-state index in [4.69, 9.17) is 0 Å². The van der Waals surface area contributed by atoms with Crippen LogP contribution in [0.3, 0.4) is 0 Å². The zero-order chi connectivity index (χ0) is 9.19. The van der Waals surface area contributed by atoms with Crippen LogP contribution in [0.1, 0.15) is 5.69 Å². The molecule has 0 fully saturated rings. The molecule has 0 aliphatic rings. The Balaban J connectivity index is 2.99. The lowest BCUT2D eigenvalue weighted by molar-refractivity contribution is -0.142. The van der Waals surface area contributed by atoms with Gasteiger partial charge in [0.1, 0.15) is 0 Å². The summed E-state index contributed by atoms with van der Waals surface area (Å²) < 4.78 is 39.4. The molecule has 64 valence electrons. The van der Waals surface area contributed by atoms with Gasteiger partial charge in [-0.25, -0.2) is 4.79 Å². The van der Waals surface area contributed by atoms with E-state index in [2.05, 4.69) is 14.7 Å². The summed E-state index contributed by atoms with van der Waals surface area (Å²) in [6.07, 6.45) is -3.56. The number of nitrogens with zero attached hydrogens (tertiary/aromatic N) is 2. The molecule has 0 radical (unpaired) electrons. The van der Waals surface area contributed by atoms with Crippen molar-refractivity contribution in [3.8, 4) is 0 Å². The van der Waals surface area contributed by atoms with Crippen molar-refractivity contribution in [1.82, 2.24) is 5.16 Å². The lowest BCUT2D eigenvalue weighted by Gasteiger charge is -1.96. The third kappa shape index (κ3) is 1.70. The van der Waals surface area contributed by atoms with E-state index in [1.807, 2.05) is 0 Å². The van der Waals surface area contributed by atoms with Crippen LogP contribution in [0.5, 0.6) is 0 Å². The van der Waals surface area contributed by atoms with E-state index in [1.54, 1.807) is 0 Å². The third-order valence-electron chi connectivity index (χ3n) is 0.944. The van der Waals surface area contributed by atoms with Gasteiger partial charge in [-0.3, -0.25) is 0 Å². The molecule has 1 aromatic rings. The van der Waals surface area contributed by atoms with Gasteiger partial charge < -0.3 is 4.52 Å². The van der Waals surface area contributed by atoms with Crippen LogP contribution in [-0.4, -0.2) is 11.2 Å². The van der Waals surface area contributed by atoms with E-state index in [-0.39, 0.29) is 0 Å². The van der Waals surface area contributed by atoms with Crippen LogP contribution in [0.15, 0.2) is 15.6 Å². The van der Waals surface area contributed by atoms with E-state index < -0.39 is 17.8 Å². The number of alkyl halides is 3. The molecule has 0 aromatic carbocycles. The van der Waals surface area contributed by atoms with Gasteiger partial charge in [0.2, 0.25) is 6.08 Å². The van der Waals surface area contributed by atoms with Gasteiger partial charge in [0.15, 0.2) is 5.69 Å². The molecule has 1 aromatic heterocycles. The zero-order valence-electron chi connectivity index (χ0n) is 5.42. The van der Waals surface area contributed by atoms with Crippen molar-refractivity contribution in [3.05, 3.63) is 11.8 Å². The van der Waals surface area contributed by atoms with Crippen LogP contribution in [-0.2, 0) is 11.0 Å². The summed E-state index contributed by atoms with van der Waals surface area (Å²) >= 11 is 0. The second kappa shape index (κ2) is 2.78. The molecular weight excluding hydrogens is 177 g/mol. The Labute approximate surface area is 63.7 Å². The number of halogens is 3. The smallest absolute Gasteiger partial charge is 0.335 e. The lowest BCUT2D eigenvalue weighted by Crippen LogP contribution is -2.04. The van der Waals surface area contributed by atoms with Crippen molar-refractivity contribution in [3.63, 3.8) is 0 Å². The number of hydrogen-bond acceptors (Lipinski definition) is 4. The predicted octanol–water partition coefficient (Wildman–Crippen LogP) is 1.66. The van der Waals surface area contributed by atoms with Crippen LogP contribution in [0.4, 0.5) is 19.1 Å².